The third-order valence-corrected chi connectivity index (χ3v) is 14.2. The van der Waals surface area contributed by atoms with Crippen molar-refractivity contribution in [3.63, 3.8) is 0 Å². The zero-order valence-electron chi connectivity index (χ0n) is 38.5. The number of piperazine rings is 1. The topological polar surface area (TPSA) is 191 Å². The number of amides is 5. The van der Waals surface area contributed by atoms with Gasteiger partial charge in [-0.3, -0.25) is 39.2 Å². The first-order chi connectivity index (χ1) is 33.5. The second kappa shape index (κ2) is 19.4. The van der Waals surface area contributed by atoms with Gasteiger partial charge in [0.25, 0.3) is 5.91 Å². The van der Waals surface area contributed by atoms with Gasteiger partial charge >= 0.3 is 0 Å². The second-order valence-electron chi connectivity index (χ2n) is 18.6. The smallest absolute Gasteiger partial charge is 0.255 e. The second-order valence-corrected chi connectivity index (χ2v) is 18.6. The molecule has 4 aliphatic heterocycles. The monoisotopic (exact) mass is 938 g/mol. The van der Waals surface area contributed by atoms with Crippen LogP contribution in [0.2, 0.25) is 0 Å². The summed E-state index contributed by atoms with van der Waals surface area (Å²) in [4.78, 5) is 81.9. The number of benzene rings is 3. The number of pyridine rings is 2. The maximum absolute atomic E-state index is 13.3. The highest BCUT2D eigenvalue weighted by Crippen LogP contribution is 2.48. The molecule has 1 unspecified atom stereocenters. The first-order valence-corrected chi connectivity index (χ1v) is 23.7. The molecule has 5 amide bonds. The van der Waals surface area contributed by atoms with Gasteiger partial charge in [0.15, 0.2) is 0 Å². The molecular formula is C51H55FN10O7. The van der Waals surface area contributed by atoms with Crippen LogP contribution >= 0.6 is 0 Å². The molecule has 5 aliphatic rings. The molecule has 4 N–H and O–H groups in total. The van der Waals surface area contributed by atoms with E-state index in [1.54, 1.807) is 54.7 Å². The molecule has 1 atom stereocenters. The molecule has 5 aromatic rings. The molecule has 17 nitrogen and oxygen atoms in total. The van der Waals surface area contributed by atoms with Crippen LogP contribution in [-0.2, 0) is 25.7 Å². The van der Waals surface area contributed by atoms with E-state index in [1.165, 1.54) is 24.3 Å². The van der Waals surface area contributed by atoms with Gasteiger partial charge in [0, 0.05) is 106 Å². The molecule has 18 heteroatoms. The van der Waals surface area contributed by atoms with Crippen LogP contribution in [-0.4, -0.2) is 126 Å². The highest BCUT2D eigenvalue weighted by atomic mass is 19.1. The van der Waals surface area contributed by atoms with Crippen LogP contribution in [0.5, 0.6) is 17.2 Å². The third kappa shape index (κ3) is 9.76. The van der Waals surface area contributed by atoms with Crippen LogP contribution in [0.1, 0.15) is 54.4 Å². The number of hydrogen-bond donors (Lipinski definition) is 4. The van der Waals surface area contributed by atoms with Crippen LogP contribution in [0.25, 0.3) is 10.9 Å². The van der Waals surface area contributed by atoms with Gasteiger partial charge < -0.3 is 40.1 Å². The molecular weight excluding hydrogens is 884 g/mol. The summed E-state index contributed by atoms with van der Waals surface area (Å²) in [5.41, 5.74) is 2.92. The number of carbonyl (C=O) groups is 5. The van der Waals surface area contributed by atoms with Crippen molar-refractivity contribution < 1.29 is 37.8 Å². The fraction of sp³-hybridized carbons (Fsp3) is 0.392. The van der Waals surface area contributed by atoms with E-state index in [4.69, 9.17) is 14.5 Å². The third-order valence-electron chi connectivity index (χ3n) is 14.2. The van der Waals surface area contributed by atoms with E-state index in [-0.39, 0.29) is 24.8 Å². The van der Waals surface area contributed by atoms with E-state index >= 15 is 0 Å². The molecule has 0 spiro atoms. The van der Waals surface area contributed by atoms with Gasteiger partial charge in [-0.1, -0.05) is 0 Å². The first kappa shape index (κ1) is 45.6. The van der Waals surface area contributed by atoms with Crippen molar-refractivity contribution >= 4 is 63.3 Å². The molecule has 0 radical (unpaired) electrons. The molecule has 0 bridgehead atoms. The van der Waals surface area contributed by atoms with E-state index in [0.717, 1.165) is 93.1 Å². The fourth-order valence-electron chi connectivity index (χ4n) is 9.97. The van der Waals surface area contributed by atoms with Gasteiger partial charge in [0.1, 0.15) is 40.3 Å². The summed E-state index contributed by atoms with van der Waals surface area (Å²) < 4.78 is 25.6. The van der Waals surface area contributed by atoms with Crippen molar-refractivity contribution in [3.05, 3.63) is 102 Å². The number of fused-ring (bicyclic) bond motifs is 2. The number of halogens is 1. The first-order valence-electron chi connectivity index (χ1n) is 23.7. The number of methoxy groups -OCH3 is 1. The minimum Gasteiger partial charge on any atom is -0.495 e. The number of hydrogen-bond acceptors (Lipinski definition) is 13. The number of imide groups is 1. The van der Waals surface area contributed by atoms with Crippen molar-refractivity contribution in [3.8, 4) is 17.2 Å². The predicted molar refractivity (Wildman–Crippen MR) is 257 cm³/mol. The van der Waals surface area contributed by atoms with Crippen LogP contribution in [0, 0.1) is 17.2 Å². The predicted octanol–water partition coefficient (Wildman–Crippen LogP) is 5.63. The van der Waals surface area contributed by atoms with E-state index in [0.29, 0.717) is 66.0 Å². The Balaban J connectivity index is 0.677. The zero-order valence-corrected chi connectivity index (χ0v) is 38.5. The summed E-state index contributed by atoms with van der Waals surface area (Å²) in [6.07, 6.45) is 6.89. The van der Waals surface area contributed by atoms with Crippen LogP contribution in [0.4, 0.5) is 27.3 Å². The lowest BCUT2D eigenvalue weighted by Crippen LogP contribution is -2.52. The number of ether oxygens (including phenoxy) is 2. The van der Waals surface area contributed by atoms with Gasteiger partial charge in [0.05, 0.1) is 24.9 Å². The summed E-state index contributed by atoms with van der Waals surface area (Å²) in [5.74, 6) is 1.03. The largest absolute Gasteiger partial charge is 0.495 e. The van der Waals surface area contributed by atoms with E-state index in [9.17, 15) is 28.4 Å². The zero-order chi connectivity index (χ0) is 47.6. The molecule has 2 aromatic heterocycles. The quantitative estimate of drug-likeness (QED) is 0.0747. The molecule has 4 fully saturated rings. The normalized spacial score (nSPS) is 19.5. The molecule has 6 heterocycles. The summed E-state index contributed by atoms with van der Waals surface area (Å²) >= 11 is 0. The van der Waals surface area contributed by atoms with E-state index < -0.39 is 35.0 Å². The van der Waals surface area contributed by atoms with E-state index in [2.05, 4.69) is 47.0 Å². The molecule has 3 aromatic carbocycles. The summed E-state index contributed by atoms with van der Waals surface area (Å²) in [6, 6.07) is 19.3. The van der Waals surface area contributed by atoms with Gasteiger partial charge in [-0.05, 0) is 111 Å². The van der Waals surface area contributed by atoms with Gasteiger partial charge in [-0.25, -0.2) is 9.37 Å². The average Bonchev–Trinajstić information content (AvgIpc) is 4.12. The van der Waals surface area contributed by atoms with Crippen molar-refractivity contribution in [1.82, 2.24) is 30.0 Å². The lowest BCUT2D eigenvalue weighted by molar-refractivity contribution is -0.137. The number of aromatic nitrogens is 2. The summed E-state index contributed by atoms with van der Waals surface area (Å²) in [5, 5.41) is 12.2. The Labute approximate surface area is 398 Å². The molecule has 10 rings (SSSR count). The maximum Gasteiger partial charge on any atom is 0.255 e. The maximum atomic E-state index is 13.3. The number of rotatable bonds is 15. The Bertz CT molecular complexity index is 2770. The summed E-state index contributed by atoms with van der Waals surface area (Å²) in [6.45, 7) is 8.66. The Morgan fingerprint density at radius 2 is 1.49 bits per heavy atom. The molecule has 3 saturated heterocycles. The lowest BCUT2D eigenvalue weighted by Gasteiger charge is -2.39. The van der Waals surface area contributed by atoms with Crippen molar-refractivity contribution in [1.29, 1.82) is 0 Å². The minimum absolute atomic E-state index is 0.203. The van der Waals surface area contributed by atoms with Gasteiger partial charge in [-0.15, -0.1) is 0 Å². The van der Waals surface area contributed by atoms with Crippen molar-refractivity contribution in [2.75, 3.05) is 86.9 Å². The van der Waals surface area contributed by atoms with Crippen LogP contribution < -0.4 is 35.6 Å². The van der Waals surface area contributed by atoms with Gasteiger partial charge in [-0.2, -0.15) is 0 Å². The summed E-state index contributed by atoms with van der Waals surface area (Å²) in [7, 11) is 1.68. The van der Waals surface area contributed by atoms with Crippen molar-refractivity contribution in [2.45, 2.75) is 51.1 Å². The molecule has 358 valence electrons. The SMILES string of the molecule is COc1cc2c(Oc3ccc(NC(=O)C4(C(=O)Nc5ccc(F)cc5)CC4)cc3)ccnc2cc1N1CCC(CN2CCN(CCNc3nccc4c3CN(C3CCC(=O)NC3=O)C4=O)CC2)CC1. The van der Waals surface area contributed by atoms with E-state index in [1.807, 2.05) is 12.1 Å². The Morgan fingerprint density at radius 1 is 0.812 bits per heavy atom. The Morgan fingerprint density at radius 3 is 2.17 bits per heavy atom. The van der Waals surface area contributed by atoms with Crippen LogP contribution in [0.15, 0.2) is 85.2 Å². The number of carbonyl (C=O) groups excluding carboxylic acids is 5. The fourth-order valence-corrected chi connectivity index (χ4v) is 9.97. The highest BCUT2D eigenvalue weighted by Gasteiger charge is 2.56. The number of anilines is 4. The minimum atomic E-state index is -1.17. The van der Waals surface area contributed by atoms with Gasteiger partial charge in [0.2, 0.25) is 23.6 Å². The number of nitrogens with zero attached hydrogens (tertiary/aromatic N) is 6. The number of piperidine rings is 2. The lowest BCUT2D eigenvalue weighted by atomic mass is 9.95. The molecule has 69 heavy (non-hydrogen) atoms. The molecule has 1 aliphatic carbocycles. The van der Waals surface area contributed by atoms with Crippen LogP contribution in [0.3, 0.4) is 0 Å². The molecule has 1 saturated carbocycles. The average molecular weight is 939 g/mol. The Kier molecular flexibility index (Phi) is 12.8. The number of nitrogens with one attached hydrogen (secondary N) is 4. The standard InChI is InChI=1S/C51H55FN10O7/c1-68-44-28-38-40(53-19-13-43(38)69-36-8-6-35(7-9-36)57-50(67)51(16-17-51)49(66)56-34-4-2-33(52)3-5-34)29-42(44)61-21-14-32(15-22-61)30-60-26-24-59(25-27-60)23-20-55-46-39-31-62(48(65)37(39)12-18-54-46)41-10-11-45(63)58-47(41)64/h2-9,12-13,18-19,28-29,32,41H,10-11,14-17,20-27,30-31H2,1H3,(H,54,55)(H,56,66)(H,57,67)(H,58,63,64). The Hall–Kier alpha value is -7.18. The van der Waals surface area contributed by atoms with Crippen molar-refractivity contribution in [2.24, 2.45) is 11.3 Å². The highest BCUT2D eigenvalue weighted by molar-refractivity contribution is 6.17.